The number of hydrogen-bond acceptors (Lipinski definition) is 5. The van der Waals surface area contributed by atoms with E-state index in [0.717, 1.165) is 22.7 Å². The fourth-order valence-electron chi connectivity index (χ4n) is 2.56. The van der Waals surface area contributed by atoms with Crippen molar-refractivity contribution in [1.29, 1.82) is 0 Å². The highest BCUT2D eigenvalue weighted by Crippen LogP contribution is 2.20. The summed E-state index contributed by atoms with van der Waals surface area (Å²) in [5.74, 6) is 1.07. The summed E-state index contributed by atoms with van der Waals surface area (Å²) in [6.07, 6.45) is 3.12. The number of nitrogens with zero attached hydrogens (tertiary/aromatic N) is 2. The van der Waals surface area contributed by atoms with Crippen LogP contribution in [-0.2, 0) is 0 Å². The van der Waals surface area contributed by atoms with Gasteiger partial charge < -0.3 is 15.4 Å². The van der Waals surface area contributed by atoms with E-state index in [1.54, 1.807) is 0 Å². The Morgan fingerprint density at radius 1 is 0.929 bits per heavy atom. The molecule has 0 spiro atoms. The van der Waals surface area contributed by atoms with Crippen LogP contribution in [0.1, 0.15) is 35.5 Å². The van der Waals surface area contributed by atoms with Crippen LogP contribution in [0, 0.1) is 13.8 Å². The van der Waals surface area contributed by atoms with E-state index >= 15 is 0 Å². The van der Waals surface area contributed by atoms with Gasteiger partial charge in [0.1, 0.15) is 17.3 Å². The topological polar surface area (TPSA) is 76.1 Å². The summed E-state index contributed by atoms with van der Waals surface area (Å²) in [7, 11) is 0. The van der Waals surface area contributed by atoms with Crippen LogP contribution in [-0.4, -0.2) is 22.0 Å². The molecule has 1 heterocycles. The molecule has 1 aromatic heterocycles. The third-order valence-corrected chi connectivity index (χ3v) is 4.15. The lowest BCUT2D eigenvalue weighted by atomic mass is 10.1. The van der Waals surface area contributed by atoms with Crippen molar-refractivity contribution in [3.63, 3.8) is 0 Å². The number of hydrogen-bond donors (Lipinski definition) is 2. The average molecular weight is 376 g/mol. The lowest BCUT2D eigenvalue weighted by molar-refractivity contribution is 0.102. The third kappa shape index (κ3) is 5.07. The predicted octanol–water partition coefficient (Wildman–Crippen LogP) is 4.88. The quantitative estimate of drug-likeness (QED) is 0.641. The Kier molecular flexibility index (Phi) is 5.89. The first kappa shape index (κ1) is 19.4. The molecular weight excluding hydrogens is 352 g/mol. The van der Waals surface area contributed by atoms with Gasteiger partial charge in [-0.15, -0.1) is 0 Å². The van der Waals surface area contributed by atoms with Crippen molar-refractivity contribution in [2.24, 2.45) is 0 Å². The van der Waals surface area contributed by atoms with Crippen molar-refractivity contribution < 1.29 is 9.53 Å². The first-order valence-electron chi connectivity index (χ1n) is 9.15. The van der Waals surface area contributed by atoms with E-state index in [-0.39, 0.29) is 17.7 Å². The molecule has 0 aliphatic heterocycles. The molecule has 2 N–H and O–H groups in total. The van der Waals surface area contributed by atoms with Crippen molar-refractivity contribution in [2.45, 2.75) is 33.8 Å². The van der Waals surface area contributed by atoms with E-state index in [9.17, 15) is 4.79 Å². The number of carbonyl (C=O) groups excluding carboxylic acids is 1. The molecule has 3 aromatic rings. The molecule has 0 bridgehead atoms. The zero-order valence-electron chi connectivity index (χ0n) is 16.5. The lowest BCUT2D eigenvalue weighted by Gasteiger charge is -2.11. The highest BCUT2D eigenvalue weighted by molar-refractivity contribution is 6.02. The Labute approximate surface area is 165 Å². The van der Waals surface area contributed by atoms with Gasteiger partial charge >= 0.3 is 0 Å². The van der Waals surface area contributed by atoms with Gasteiger partial charge in [0.2, 0.25) is 0 Å². The molecule has 2 aromatic carbocycles. The minimum absolute atomic E-state index is 0.132. The lowest BCUT2D eigenvalue weighted by Crippen LogP contribution is -2.14. The van der Waals surface area contributed by atoms with Gasteiger partial charge in [-0.1, -0.05) is 6.07 Å². The molecule has 0 unspecified atom stereocenters. The van der Waals surface area contributed by atoms with Gasteiger partial charge in [-0.2, -0.15) is 0 Å². The molecule has 0 saturated heterocycles. The zero-order chi connectivity index (χ0) is 20.1. The maximum atomic E-state index is 12.4. The second kappa shape index (κ2) is 8.52. The molecule has 0 fully saturated rings. The predicted molar refractivity (Wildman–Crippen MR) is 111 cm³/mol. The molecule has 144 valence electrons. The van der Waals surface area contributed by atoms with E-state index in [2.05, 4.69) is 20.6 Å². The fraction of sp³-hybridized carbons (Fsp3) is 0.227. The van der Waals surface area contributed by atoms with Crippen molar-refractivity contribution >= 4 is 23.1 Å². The Bertz CT molecular complexity index is 951. The zero-order valence-corrected chi connectivity index (χ0v) is 16.5. The molecule has 0 aliphatic rings. The highest BCUT2D eigenvalue weighted by atomic mass is 16.5. The number of ether oxygens (including phenoxy) is 1. The summed E-state index contributed by atoms with van der Waals surface area (Å²) < 4.78 is 5.62. The van der Waals surface area contributed by atoms with Gasteiger partial charge in [0.05, 0.1) is 18.5 Å². The van der Waals surface area contributed by atoms with E-state index in [0.29, 0.717) is 5.82 Å². The summed E-state index contributed by atoms with van der Waals surface area (Å²) in [5, 5.41) is 5.99. The fourth-order valence-corrected chi connectivity index (χ4v) is 2.56. The van der Waals surface area contributed by atoms with E-state index < -0.39 is 0 Å². The number of amides is 1. The van der Waals surface area contributed by atoms with Gasteiger partial charge in [0.25, 0.3) is 5.91 Å². The summed E-state index contributed by atoms with van der Waals surface area (Å²) in [4.78, 5) is 20.8. The average Bonchev–Trinajstić information content (AvgIpc) is 2.66. The van der Waals surface area contributed by atoms with Crippen LogP contribution in [0.25, 0.3) is 0 Å². The molecule has 0 atom stereocenters. The molecule has 6 heteroatoms. The van der Waals surface area contributed by atoms with Gasteiger partial charge in [-0.05, 0) is 75.2 Å². The first-order valence-corrected chi connectivity index (χ1v) is 9.15. The second-order valence-electron chi connectivity index (χ2n) is 6.86. The number of anilines is 3. The summed E-state index contributed by atoms with van der Waals surface area (Å²) in [5.41, 5.74) is 4.15. The van der Waals surface area contributed by atoms with Crippen LogP contribution < -0.4 is 15.4 Å². The van der Waals surface area contributed by atoms with Crippen LogP contribution in [0.2, 0.25) is 0 Å². The van der Waals surface area contributed by atoms with Gasteiger partial charge in [0.15, 0.2) is 0 Å². The van der Waals surface area contributed by atoms with Crippen LogP contribution in [0.4, 0.5) is 17.2 Å². The highest BCUT2D eigenvalue weighted by Gasteiger charge is 2.09. The minimum atomic E-state index is -0.294. The largest absolute Gasteiger partial charge is 0.491 e. The van der Waals surface area contributed by atoms with Crippen molar-refractivity contribution in [3.05, 3.63) is 71.7 Å². The van der Waals surface area contributed by atoms with E-state index in [1.807, 2.05) is 70.2 Å². The standard InChI is InChI=1S/C22H24N4O2/c1-14(2)28-19-9-7-17(8-10-19)25-21-13-23-20(12-24-21)22(27)26-18-6-5-15(3)16(4)11-18/h5-14H,1-4H3,(H,24,25)(H,26,27). The maximum absolute atomic E-state index is 12.4. The van der Waals surface area contributed by atoms with Crippen LogP contribution in [0.3, 0.4) is 0 Å². The van der Waals surface area contributed by atoms with Gasteiger partial charge in [0, 0.05) is 11.4 Å². The Morgan fingerprint density at radius 2 is 1.64 bits per heavy atom. The Balaban J connectivity index is 1.62. The number of aryl methyl sites for hydroxylation is 2. The number of benzene rings is 2. The number of aromatic nitrogens is 2. The maximum Gasteiger partial charge on any atom is 0.275 e. The molecule has 0 aliphatic carbocycles. The van der Waals surface area contributed by atoms with Gasteiger partial charge in [-0.25, -0.2) is 9.97 Å². The molecule has 3 rings (SSSR count). The van der Waals surface area contributed by atoms with Crippen molar-refractivity contribution in [1.82, 2.24) is 9.97 Å². The Morgan fingerprint density at radius 3 is 2.25 bits per heavy atom. The first-order chi connectivity index (χ1) is 13.4. The van der Waals surface area contributed by atoms with Crippen molar-refractivity contribution in [2.75, 3.05) is 10.6 Å². The SMILES string of the molecule is Cc1ccc(NC(=O)c2cnc(Nc3ccc(OC(C)C)cc3)cn2)cc1C. The molecule has 6 nitrogen and oxygen atoms in total. The van der Waals surface area contributed by atoms with E-state index in [4.69, 9.17) is 4.74 Å². The Hall–Kier alpha value is -3.41. The molecule has 28 heavy (non-hydrogen) atoms. The number of nitrogens with one attached hydrogen (secondary N) is 2. The normalized spacial score (nSPS) is 10.6. The smallest absolute Gasteiger partial charge is 0.275 e. The molecule has 1 amide bonds. The van der Waals surface area contributed by atoms with Crippen LogP contribution in [0.5, 0.6) is 5.75 Å². The number of carbonyl (C=O) groups is 1. The minimum Gasteiger partial charge on any atom is -0.491 e. The van der Waals surface area contributed by atoms with Crippen molar-refractivity contribution in [3.8, 4) is 5.75 Å². The third-order valence-electron chi connectivity index (χ3n) is 4.15. The number of rotatable bonds is 6. The summed E-state index contributed by atoms with van der Waals surface area (Å²) >= 11 is 0. The van der Waals surface area contributed by atoms with Crippen LogP contribution >= 0.6 is 0 Å². The van der Waals surface area contributed by atoms with Gasteiger partial charge in [-0.3, -0.25) is 4.79 Å². The molecule has 0 saturated carbocycles. The summed E-state index contributed by atoms with van der Waals surface area (Å²) in [6, 6.07) is 13.4. The monoisotopic (exact) mass is 376 g/mol. The molecular formula is C22H24N4O2. The van der Waals surface area contributed by atoms with Crippen LogP contribution in [0.15, 0.2) is 54.9 Å². The second-order valence-corrected chi connectivity index (χ2v) is 6.86. The summed E-state index contributed by atoms with van der Waals surface area (Å²) in [6.45, 7) is 8.01. The molecule has 0 radical (unpaired) electrons. The van der Waals surface area contributed by atoms with E-state index in [1.165, 1.54) is 18.0 Å².